The summed E-state index contributed by atoms with van der Waals surface area (Å²) in [5.74, 6) is 0.0283. The third kappa shape index (κ3) is 1.83. The quantitative estimate of drug-likeness (QED) is 0.724. The van der Waals surface area contributed by atoms with Crippen molar-refractivity contribution in [2.24, 2.45) is 0 Å². The molecule has 2 aromatic heterocycles. The van der Waals surface area contributed by atoms with E-state index in [-0.39, 0.29) is 5.78 Å². The normalized spacial score (nSPS) is 10.3. The van der Waals surface area contributed by atoms with Crippen LogP contribution in [0.5, 0.6) is 0 Å². The van der Waals surface area contributed by atoms with Gasteiger partial charge in [0.25, 0.3) is 0 Å². The van der Waals surface area contributed by atoms with E-state index < -0.39 is 0 Å². The van der Waals surface area contributed by atoms with Crippen LogP contribution in [0.2, 0.25) is 0 Å². The van der Waals surface area contributed by atoms with E-state index in [0.29, 0.717) is 5.69 Å². The maximum atomic E-state index is 12.1. The first-order valence-corrected chi connectivity index (χ1v) is 5.58. The predicted molar refractivity (Wildman–Crippen MR) is 61.5 cm³/mol. The number of thiophene rings is 1. The third-order valence-corrected chi connectivity index (χ3v) is 3.31. The molecule has 15 heavy (non-hydrogen) atoms. The number of carbonyl (C=O) groups excluding carboxylic acids is 1. The van der Waals surface area contributed by atoms with Gasteiger partial charge in [0.15, 0.2) is 0 Å². The van der Waals surface area contributed by atoms with E-state index in [1.807, 2.05) is 37.4 Å². The number of aromatic nitrogens is 1. The van der Waals surface area contributed by atoms with Crippen LogP contribution in [-0.4, -0.2) is 10.8 Å². The number of pyridine rings is 1. The van der Waals surface area contributed by atoms with Gasteiger partial charge in [0, 0.05) is 6.20 Å². The van der Waals surface area contributed by atoms with E-state index in [9.17, 15) is 4.79 Å². The molecule has 0 N–H and O–H groups in total. The molecule has 0 atom stereocenters. The molecule has 2 nitrogen and oxygen atoms in total. The van der Waals surface area contributed by atoms with Crippen molar-refractivity contribution >= 4 is 17.1 Å². The van der Waals surface area contributed by atoms with E-state index in [4.69, 9.17) is 0 Å². The number of aryl methyl sites for hydroxylation is 2. The lowest BCUT2D eigenvalue weighted by Crippen LogP contribution is -2.05. The summed E-state index contributed by atoms with van der Waals surface area (Å²) < 4.78 is 0. The van der Waals surface area contributed by atoms with E-state index in [1.54, 1.807) is 6.20 Å². The minimum atomic E-state index is 0.0283. The molecular formula is C12H11NOS. The standard InChI is InChI=1S/C12H11NOS/c1-8-4-3-6-13-10(8)11(14)12-9(2)5-7-15-12/h3-7H,1-2H3. The zero-order chi connectivity index (χ0) is 10.8. The number of hydrogen-bond donors (Lipinski definition) is 0. The Hall–Kier alpha value is -1.48. The van der Waals surface area contributed by atoms with Crippen molar-refractivity contribution in [2.75, 3.05) is 0 Å². The van der Waals surface area contributed by atoms with Gasteiger partial charge in [0.05, 0.1) is 4.88 Å². The van der Waals surface area contributed by atoms with E-state index >= 15 is 0 Å². The highest BCUT2D eigenvalue weighted by Gasteiger charge is 2.15. The first kappa shape index (κ1) is 10.1. The highest BCUT2D eigenvalue weighted by atomic mass is 32.1. The van der Waals surface area contributed by atoms with Crippen molar-refractivity contribution in [1.82, 2.24) is 4.98 Å². The van der Waals surface area contributed by atoms with Crippen LogP contribution in [0.1, 0.15) is 26.5 Å². The fourth-order valence-corrected chi connectivity index (χ4v) is 2.30. The molecule has 0 aromatic carbocycles. The van der Waals surface area contributed by atoms with Crippen molar-refractivity contribution in [2.45, 2.75) is 13.8 Å². The lowest BCUT2D eigenvalue weighted by atomic mass is 10.1. The molecule has 0 spiro atoms. The van der Waals surface area contributed by atoms with Crippen LogP contribution >= 0.6 is 11.3 Å². The van der Waals surface area contributed by atoms with Crippen molar-refractivity contribution in [3.8, 4) is 0 Å². The molecule has 0 aliphatic heterocycles. The van der Waals surface area contributed by atoms with Gasteiger partial charge in [-0.25, -0.2) is 0 Å². The molecule has 2 heterocycles. The summed E-state index contributed by atoms with van der Waals surface area (Å²) in [6.07, 6.45) is 1.66. The Balaban J connectivity index is 2.46. The van der Waals surface area contributed by atoms with Gasteiger partial charge in [-0.2, -0.15) is 0 Å². The predicted octanol–water partition coefficient (Wildman–Crippen LogP) is 2.99. The summed E-state index contributed by atoms with van der Waals surface area (Å²) in [4.78, 5) is 17.0. The fraction of sp³-hybridized carbons (Fsp3) is 0.167. The Kier molecular flexibility index (Phi) is 2.64. The second-order valence-corrected chi connectivity index (χ2v) is 4.35. The molecule has 0 radical (unpaired) electrons. The Bertz CT molecular complexity index is 502. The van der Waals surface area contributed by atoms with Crippen molar-refractivity contribution in [3.05, 3.63) is 51.5 Å². The molecule has 76 valence electrons. The third-order valence-electron chi connectivity index (χ3n) is 2.29. The smallest absolute Gasteiger partial charge is 0.221 e. The van der Waals surface area contributed by atoms with Gasteiger partial charge in [0.2, 0.25) is 5.78 Å². The Morgan fingerprint density at radius 1 is 1.27 bits per heavy atom. The van der Waals surface area contributed by atoms with Crippen LogP contribution in [0.15, 0.2) is 29.8 Å². The first-order chi connectivity index (χ1) is 7.20. The highest BCUT2D eigenvalue weighted by molar-refractivity contribution is 7.12. The summed E-state index contributed by atoms with van der Waals surface area (Å²) in [7, 11) is 0. The second kappa shape index (κ2) is 3.95. The topological polar surface area (TPSA) is 30.0 Å². The molecule has 0 unspecified atom stereocenters. The molecule has 0 saturated carbocycles. The summed E-state index contributed by atoms with van der Waals surface area (Å²) in [5, 5.41) is 1.93. The van der Waals surface area contributed by atoms with E-state index in [0.717, 1.165) is 16.0 Å². The van der Waals surface area contributed by atoms with Gasteiger partial charge in [-0.05, 0) is 42.5 Å². The molecule has 0 bridgehead atoms. The minimum Gasteiger partial charge on any atom is -0.286 e. The number of carbonyl (C=O) groups is 1. The molecule has 0 aliphatic rings. The highest BCUT2D eigenvalue weighted by Crippen LogP contribution is 2.20. The Morgan fingerprint density at radius 2 is 2.07 bits per heavy atom. The molecule has 3 heteroatoms. The minimum absolute atomic E-state index is 0.0283. The average molecular weight is 217 g/mol. The van der Waals surface area contributed by atoms with Gasteiger partial charge in [-0.15, -0.1) is 11.3 Å². The van der Waals surface area contributed by atoms with Crippen LogP contribution in [0.3, 0.4) is 0 Å². The molecule has 2 rings (SSSR count). The number of ketones is 1. The first-order valence-electron chi connectivity index (χ1n) is 4.70. The maximum absolute atomic E-state index is 12.1. The van der Waals surface area contributed by atoms with Gasteiger partial charge in [0.1, 0.15) is 5.69 Å². The van der Waals surface area contributed by atoms with Gasteiger partial charge in [-0.1, -0.05) is 6.07 Å². The summed E-state index contributed by atoms with van der Waals surface area (Å²) in [6, 6.07) is 5.70. The second-order valence-electron chi connectivity index (χ2n) is 3.43. The monoisotopic (exact) mass is 217 g/mol. The molecule has 0 fully saturated rings. The van der Waals surface area contributed by atoms with Crippen LogP contribution in [-0.2, 0) is 0 Å². The van der Waals surface area contributed by atoms with E-state index in [1.165, 1.54) is 11.3 Å². The molecule has 0 aliphatic carbocycles. The summed E-state index contributed by atoms with van der Waals surface area (Å²) in [5.41, 5.74) is 2.51. The largest absolute Gasteiger partial charge is 0.286 e. The number of nitrogens with zero attached hydrogens (tertiary/aromatic N) is 1. The van der Waals surface area contributed by atoms with Gasteiger partial charge >= 0.3 is 0 Å². The van der Waals surface area contributed by atoms with Crippen LogP contribution in [0.25, 0.3) is 0 Å². The van der Waals surface area contributed by atoms with Crippen molar-refractivity contribution < 1.29 is 4.79 Å². The van der Waals surface area contributed by atoms with Crippen molar-refractivity contribution in [3.63, 3.8) is 0 Å². The summed E-state index contributed by atoms with van der Waals surface area (Å²) >= 11 is 1.47. The van der Waals surface area contributed by atoms with Crippen molar-refractivity contribution in [1.29, 1.82) is 0 Å². The van der Waals surface area contributed by atoms with Crippen LogP contribution in [0, 0.1) is 13.8 Å². The molecule has 0 saturated heterocycles. The Labute approximate surface area is 92.6 Å². The van der Waals surface area contributed by atoms with Crippen LogP contribution < -0.4 is 0 Å². The zero-order valence-corrected chi connectivity index (χ0v) is 9.47. The summed E-state index contributed by atoms with van der Waals surface area (Å²) in [6.45, 7) is 3.85. The SMILES string of the molecule is Cc1cccnc1C(=O)c1sccc1C. The van der Waals surface area contributed by atoms with E-state index in [2.05, 4.69) is 4.98 Å². The fourth-order valence-electron chi connectivity index (χ4n) is 1.44. The lowest BCUT2D eigenvalue weighted by molar-refractivity contribution is 0.103. The molecule has 0 amide bonds. The van der Waals surface area contributed by atoms with Gasteiger partial charge < -0.3 is 0 Å². The average Bonchev–Trinajstić information content (AvgIpc) is 2.64. The molecule has 2 aromatic rings. The van der Waals surface area contributed by atoms with Gasteiger partial charge in [-0.3, -0.25) is 9.78 Å². The van der Waals surface area contributed by atoms with Crippen LogP contribution in [0.4, 0.5) is 0 Å². The lowest BCUT2D eigenvalue weighted by Gasteiger charge is -2.02. The number of hydrogen-bond acceptors (Lipinski definition) is 3. The maximum Gasteiger partial charge on any atom is 0.221 e. The molecular weight excluding hydrogens is 206 g/mol. The zero-order valence-electron chi connectivity index (χ0n) is 8.65. The Morgan fingerprint density at radius 3 is 2.67 bits per heavy atom. The number of rotatable bonds is 2.